The maximum absolute atomic E-state index is 13.7. The zero-order chi connectivity index (χ0) is 26.0. The molecule has 0 radical (unpaired) electrons. The van der Waals surface area contributed by atoms with E-state index in [0.29, 0.717) is 33.5 Å². The van der Waals surface area contributed by atoms with Gasteiger partial charge in [-0.1, -0.05) is 48.4 Å². The topological polar surface area (TPSA) is 83.5 Å². The highest BCUT2D eigenvalue weighted by Crippen LogP contribution is 2.34. The van der Waals surface area contributed by atoms with Gasteiger partial charge in [-0.05, 0) is 67.8 Å². The Kier molecular flexibility index (Phi) is 7.57. The van der Waals surface area contributed by atoms with Gasteiger partial charge in [-0.3, -0.25) is 14.7 Å². The Morgan fingerprint density at radius 3 is 2.62 bits per heavy atom. The first-order valence-electron chi connectivity index (χ1n) is 12.3. The smallest absolute Gasteiger partial charge is 0.260 e. The molecule has 0 aliphatic carbocycles. The van der Waals surface area contributed by atoms with Gasteiger partial charge in [-0.2, -0.15) is 4.31 Å². The van der Waals surface area contributed by atoms with Crippen LogP contribution in [0.1, 0.15) is 48.7 Å². The predicted molar refractivity (Wildman–Crippen MR) is 148 cm³/mol. The molecule has 1 aliphatic heterocycles. The number of thiazole rings is 1. The summed E-state index contributed by atoms with van der Waals surface area (Å²) in [7, 11) is -3.64. The molecule has 3 heterocycles. The molecule has 1 saturated heterocycles. The number of rotatable bonds is 7. The minimum absolute atomic E-state index is 0.0137. The van der Waals surface area contributed by atoms with Crippen molar-refractivity contribution in [3.63, 3.8) is 0 Å². The summed E-state index contributed by atoms with van der Waals surface area (Å²) in [6, 6.07) is 17.3. The lowest BCUT2D eigenvalue weighted by atomic mass is 10.0. The number of hydrogen-bond acceptors (Lipinski definition) is 6. The second-order valence-electron chi connectivity index (χ2n) is 8.99. The number of halogens is 1. The van der Waals surface area contributed by atoms with Gasteiger partial charge in [-0.25, -0.2) is 13.4 Å². The molecule has 0 saturated carbocycles. The average molecular weight is 555 g/mol. The van der Waals surface area contributed by atoms with Crippen molar-refractivity contribution < 1.29 is 13.2 Å². The molecule has 1 amide bonds. The Balaban J connectivity index is 1.47. The van der Waals surface area contributed by atoms with E-state index in [1.165, 1.54) is 23.5 Å². The van der Waals surface area contributed by atoms with E-state index in [1.54, 1.807) is 33.6 Å². The zero-order valence-corrected chi connectivity index (χ0v) is 22.8. The summed E-state index contributed by atoms with van der Waals surface area (Å²) in [6.45, 7) is 2.76. The van der Waals surface area contributed by atoms with E-state index in [-0.39, 0.29) is 23.4 Å². The van der Waals surface area contributed by atoms with Crippen molar-refractivity contribution in [2.45, 2.75) is 50.1 Å². The maximum atomic E-state index is 13.7. The summed E-state index contributed by atoms with van der Waals surface area (Å²) >= 11 is 7.71. The normalized spacial score (nSPS) is 16.6. The van der Waals surface area contributed by atoms with Gasteiger partial charge < -0.3 is 0 Å². The number of carbonyl (C=O) groups is 1. The van der Waals surface area contributed by atoms with E-state index >= 15 is 0 Å². The third-order valence-corrected chi connectivity index (χ3v) is 9.95. The van der Waals surface area contributed by atoms with Crippen LogP contribution in [0.4, 0.5) is 5.13 Å². The minimum atomic E-state index is -3.64. The van der Waals surface area contributed by atoms with Gasteiger partial charge in [0.05, 0.1) is 26.9 Å². The summed E-state index contributed by atoms with van der Waals surface area (Å²) in [5, 5.41) is 1.01. The highest BCUT2D eigenvalue weighted by molar-refractivity contribution is 7.89. The van der Waals surface area contributed by atoms with Crippen LogP contribution >= 0.6 is 22.9 Å². The van der Waals surface area contributed by atoms with Gasteiger partial charge in [0.15, 0.2) is 5.13 Å². The van der Waals surface area contributed by atoms with Gasteiger partial charge in [0.2, 0.25) is 10.0 Å². The van der Waals surface area contributed by atoms with Crippen LogP contribution in [-0.4, -0.2) is 41.2 Å². The molecular weight excluding hydrogens is 528 g/mol. The van der Waals surface area contributed by atoms with E-state index in [9.17, 15) is 13.2 Å². The monoisotopic (exact) mass is 554 g/mol. The van der Waals surface area contributed by atoms with E-state index in [4.69, 9.17) is 11.6 Å². The number of benzene rings is 2. The van der Waals surface area contributed by atoms with Crippen molar-refractivity contribution in [2.24, 2.45) is 0 Å². The molecule has 192 valence electrons. The standard InChI is InChI=1S/C27H27ClN4O3S2/c1-2-21-9-4-6-17-32(21)37(34,35)22-14-12-19(13-15-22)26(33)31(18-20-8-3-5-16-29-20)27-30-25-23(28)10-7-11-24(25)36-27/h3,5,7-8,10-16,21H,2,4,6,9,17-18H2,1H3. The summed E-state index contributed by atoms with van der Waals surface area (Å²) in [6.07, 6.45) is 5.24. The van der Waals surface area contributed by atoms with Crippen LogP contribution in [0.5, 0.6) is 0 Å². The number of hydrogen-bond donors (Lipinski definition) is 0. The van der Waals surface area contributed by atoms with E-state index in [1.807, 2.05) is 37.3 Å². The molecule has 7 nitrogen and oxygen atoms in total. The van der Waals surface area contributed by atoms with Crippen molar-refractivity contribution in [1.82, 2.24) is 14.3 Å². The van der Waals surface area contributed by atoms with Crippen LogP contribution in [-0.2, 0) is 16.6 Å². The molecule has 5 rings (SSSR count). The molecule has 2 aromatic carbocycles. The molecule has 10 heteroatoms. The lowest BCUT2D eigenvalue weighted by Gasteiger charge is -2.34. The Bertz CT molecular complexity index is 1510. The Labute approximate surface area is 225 Å². The van der Waals surface area contributed by atoms with E-state index < -0.39 is 10.0 Å². The number of nitrogens with zero attached hydrogens (tertiary/aromatic N) is 4. The van der Waals surface area contributed by atoms with Gasteiger partial charge in [0, 0.05) is 24.3 Å². The van der Waals surface area contributed by atoms with Crippen LogP contribution in [0.3, 0.4) is 0 Å². The second kappa shape index (κ2) is 10.9. The molecule has 1 fully saturated rings. The highest BCUT2D eigenvalue weighted by Gasteiger charge is 2.32. The number of para-hydroxylation sites is 1. The number of sulfonamides is 1. The van der Waals surface area contributed by atoms with E-state index in [2.05, 4.69) is 9.97 Å². The molecule has 0 N–H and O–H groups in total. The summed E-state index contributed by atoms with van der Waals surface area (Å²) in [4.78, 5) is 24.5. The molecule has 0 bridgehead atoms. The average Bonchev–Trinajstić information content (AvgIpc) is 3.37. The third-order valence-electron chi connectivity index (χ3n) is 6.63. The fraction of sp³-hybridized carbons (Fsp3) is 0.296. The largest absolute Gasteiger partial charge is 0.278 e. The predicted octanol–water partition coefficient (Wildman–Crippen LogP) is 6.14. The summed E-state index contributed by atoms with van der Waals surface area (Å²) < 4.78 is 29.2. The number of piperidine rings is 1. The quantitative estimate of drug-likeness (QED) is 0.274. The third kappa shape index (κ3) is 5.27. The number of pyridine rings is 1. The minimum Gasteiger partial charge on any atom is -0.278 e. The number of aromatic nitrogens is 2. The first-order valence-corrected chi connectivity index (χ1v) is 14.9. The Morgan fingerprint density at radius 2 is 1.92 bits per heavy atom. The molecule has 37 heavy (non-hydrogen) atoms. The first-order chi connectivity index (χ1) is 17.9. The molecule has 4 aromatic rings. The van der Waals surface area contributed by atoms with Crippen LogP contribution < -0.4 is 4.90 Å². The van der Waals surface area contributed by atoms with Gasteiger partial charge in [0.1, 0.15) is 5.52 Å². The summed E-state index contributed by atoms with van der Waals surface area (Å²) in [5.41, 5.74) is 1.71. The second-order valence-corrected chi connectivity index (χ2v) is 12.3. The molecule has 0 spiro atoms. The van der Waals surface area contributed by atoms with Crippen LogP contribution in [0.15, 0.2) is 71.8 Å². The fourth-order valence-corrected chi connectivity index (χ4v) is 7.69. The first kappa shape index (κ1) is 25.8. The van der Waals surface area contributed by atoms with Gasteiger partial charge in [0.25, 0.3) is 5.91 Å². The maximum Gasteiger partial charge on any atom is 0.260 e. The number of fused-ring (bicyclic) bond motifs is 1. The highest BCUT2D eigenvalue weighted by atomic mass is 35.5. The number of carbonyl (C=O) groups excluding carboxylic acids is 1. The number of anilines is 1. The SMILES string of the molecule is CCC1CCCCN1S(=O)(=O)c1ccc(C(=O)N(Cc2ccccn2)c2nc3c(Cl)cccc3s2)cc1. The summed E-state index contributed by atoms with van der Waals surface area (Å²) in [5.74, 6) is -0.297. The van der Waals surface area contributed by atoms with Crippen molar-refractivity contribution in [3.05, 3.63) is 83.1 Å². The molecule has 2 aromatic heterocycles. The van der Waals surface area contributed by atoms with Crippen LogP contribution in [0, 0.1) is 0 Å². The van der Waals surface area contributed by atoms with E-state index in [0.717, 1.165) is 30.4 Å². The van der Waals surface area contributed by atoms with Crippen molar-refractivity contribution in [1.29, 1.82) is 0 Å². The Morgan fingerprint density at radius 1 is 1.11 bits per heavy atom. The molecule has 1 aliphatic rings. The number of amides is 1. The van der Waals surface area contributed by atoms with Gasteiger partial charge in [-0.15, -0.1) is 0 Å². The lowest BCUT2D eigenvalue weighted by Crippen LogP contribution is -2.43. The Hall–Kier alpha value is -2.85. The fourth-order valence-electron chi connectivity index (χ4n) is 4.66. The van der Waals surface area contributed by atoms with Crippen molar-refractivity contribution >= 4 is 54.2 Å². The molecular formula is C27H27ClN4O3S2. The van der Waals surface area contributed by atoms with Gasteiger partial charge >= 0.3 is 0 Å². The lowest BCUT2D eigenvalue weighted by molar-refractivity contribution is 0.0984. The van der Waals surface area contributed by atoms with Crippen molar-refractivity contribution in [3.8, 4) is 0 Å². The zero-order valence-electron chi connectivity index (χ0n) is 20.4. The van der Waals surface area contributed by atoms with Crippen LogP contribution in [0.25, 0.3) is 10.2 Å². The molecule has 1 unspecified atom stereocenters. The van der Waals surface area contributed by atoms with Crippen LogP contribution in [0.2, 0.25) is 5.02 Å². The van der Waals surface area contributed by atoms with Crippen molar-refractivity contribution in [2.75, 3.05) is 11.4 Å². The molecule has 1 atom stereocenters.